The summed E-state index contributed by atoms with van der Waals surface area (Å²) in [6.45, 7) is 2.66. The minimum absolute atomic E-state index is 0.684. The number of hydrogen-bond donors (Lipinski definition) is 0. The van der Waals surface area contributed by atoms with Gasteiger partial charge in [0.15, 0.2) is 0 Å². The van der Waals surface area contributed by atoms with Crippen molar-refractivity contribution in [1.82, 2.24) is 0 Å². The van der Waals surface area contributed by atoms with Crippen LogP contribution in [0.5, 0.6) is 5.75 Å². The molecule has 17 heavy (non-hydrogen) atoms. The highest BCUT2D eigenvalue weighted by Crippen LogP contribution is 2.30. The molecule has 0 bridgehead atoms. The van der Waals surface area contributed by atoms with Crippen LogP contribution in [0.15, 0.2) is 42.5 Å². The molecule has 0 unspecified atom stereocenters. The molecule has 2 rings (SSSR count). The molecular formula is C14H12ClIO. The van der Waals surface area contributed by atoms with Crippen molar-refractivity contribution in [1.29, 1.82) is 0 Å². The molecule has 0 aromatic heterocycles. The number of rotatable bonds is 3. The minimum Gasteiger partial charge on any atom is -0.494 e. The van der Waals surface area contributed by atoms with Crippen molar-refractivity contribution in [3.63, 3.8) is 0 Å². The van der Waals surface area contributed by atoms with E-state index < -0.39 is 0 Å². The van der Waals surface area contributed by atoms with E-state index >= 15 is 0 Å². The quantitative estimate of drug-likeness (QED) is 0.701. The second-order valence-electron chi connectivity index (χ2n) is 3.58. The van der Waals surface area contributed by atoms with Crippen LogP contribution in [0.4, 0.5) is 0 Å². The molecule has 0 fully saturated rings. The fraction of sp³-hybridized carbons (Fsp3) is 0.143. The lowest BCUT2D eigenvalue weighted by Gasteiger charge is -2.07. The summed E-state index contributed by atoms with van der Waals surface area (Å²) in [6, 6.07) is 14.0. The van der Waals surface area contributed by atoms with Gasteiger partial charge in [0.1, 0.15) is 5.75 Å². The second-order valence-corrected chi connectivity index (χ2v) is 5.23. The van der Waals surface area contributed by atoms with E-state index in [4.69, 9.17) is 16.3 Å². The lowest BCUT2D eigenvalue weighted by atomic mass is 10.1. The van der Waals surface area contributed by atoms with E-state index in [1.165, 1.54) is 3.57 Å². The highest BCUT2D eigenvalue weighted by Gasteiger charge is 2.04. The van der Waals surface area contributed by atoms with Crippen LogP contribution in [-0.4, -0.2) is 6.61 Å². The van der Waals surface area contributed by atoms with E-state index in [2.05, 4.69) is 28.7 Å². The third-order valence-electron chi connectivity index (χ3n) is 2.40. The van der Waals surface area contributed by atoms with Crippen molar-refractivity contribution in [2.75, 3.05) is 6.61 Å². The molecule has 0 saturated carbocycles. The molecule has 2 aromatic carbocycles. The van der Waals surface area contributed by atoms with Gasteiger partial charge in [-0.05, 0) is 65.4 Å². The standard InChI is InChI=1S/C14H12ClIO/c1-2-17-12-6-3-10(4-7-12)13-9-11(16)5-8-14(13)15/h3-9H,2H2,1H3. The van der Waals surface area contributed by atoms with Gasteiger partial charge in [0.25, 0.3) is 0 Å². The van der Waals surface area contributed by atoms with E-state index in [-0.39, 0.29) is 0 Å². The van der Waals surface area contributed by atoms with Crippen molar-refractivity contribution in [3.8, 4) is 16.9 Å². The Balaban J connectivity index is 2.36. The average molecular weight is 359 g/mol. The second kappa shape index (κ2) is 5.74. The van der Waals surface area contributed by atoms with E-state index in [9.17, 15) is 0 Å². The van der Waals surface area contributed by atoms with Gasteiger partial charge in [0.05, 0.1) is 6.61 Å². The fourth-order valence-electron chi connectivity index (χ4n) is 1.62. The van der Waals surface area contributed by atoms with Crippen molar-refractivity contribution >= 4 is 34.2 Å². The molecule has 0 amide bonds. The first kappa shape index (κ1) is 12.7. The Morgan fingerprint density at radius 2 is 1.82 bits per heavy atom. The number of ether oxygens (including phenoxy) is 1. The van der Waals surface area contributed by atoms with Gasteiger partial charge >= 0.3 is 0 Å². The number of halogens is 2. The Labute approximate surface area is 120 Å². The van der Waals surface area contributed by atoms with Gasteiger partial charge in [0, 0.05) is 14.2 Å². The highest BCUT2D eigenvalue weighted by molar-refractivity contribution is 14.1. The smallest absolute Gasteiger partial charge is 0.119 e. The van der Waals surface area contributed by atoms with Crippen LogP contribution in [0.2, 0.25) is 5.02 Å². The lowest BCUT2D eigenvalue weighted by molar-refractivity contribution is 0.340. The van der Waals surface area contributed by atoms with Gasteiger partial charge in [-0.3, -0.25) is 0 Å². The monoisotopic (exact) mass is 358 g/mol. The van der Waals surface area contributed by atoms with Crippen molar-refractivity contribution < 1.29 is 4.74 Å². The first-order chi connectivity index (χ1) is 8.20. The molecule has 0 radical (unpaired) electrons. The third-order valence-corrected chi connectivity index (χ3v) is 3.41. The molecule has 1 nitrogen and oxygen atoms in total. The number of benzene rings is 2. The molecular weight excluding hydrogens is 347 g/mol. The Hall–Kier alpha value is -0.740. The topological polar surface area (TPSA) is 9.23 Å². The van der Waals surface area contributed by atoms with Crippen LogP contribution in [0.1, 0.15) is 6.92 Å². The normalized spacial score (nSPS) is 10.3. The summed E-state index contributed by atoms with van der Waals surface area (Å²) >= 11 is 8.48. The summed E-state index contributed by atoms with van der Waals surface area (Å²) in [5.41, 5.74) is 2.17. The fourth-order valence-corrected chi connectivity index (χ4v) is 2.33. The van der Waals surface area contributed by atoms with Crippen LogP contribution in [0, 0.1) is 3.57 Å². The van der Waals surface area contributed by atoms with E-state index in [1.54, 1.807) is 0 Å². The first-order valence-electron chi connectivity index (χ1n) is 5.39. The summed E-state index contributed by atoms with van der Waals surface area (Å²) in [4.78, 5) is 0. The van der Waals surface area contributed by atoms with Gasteiger partial charge in [0.2, 0.25) is 0 Å². The molecule has 2 aromatic rings. The van der Waals surface area contributed by atoms with Crippen molar-refractivity contribution in [2.45, 2.75) is 6.92 Å². The van der Waals surface area contributed by atoms with Gasteiger partial charge in [-0.15, -0.1) is 0 Å². The molecule has 0 aliphatic heterocycles. The molecule has 88 valence electrons. The SMILES string of the molecule is CCOc1ccc(-c2cc(I)ccc2Cl)cc1. The molecule has 0 heterocycles. The lowest BCUT2D eigenvalue weighted by Crippen LogP contribution is -1.90. The molecule has 0 spiro atoms. The van der Waals surface area contributed by atoms with Gasteiger partial charge < -0.3 is 4.74 Å². The van der Waals surface area contributed by atoms with Crippen LogP contribution in [-0.2, 0) is 0 Å². The van der Waals surface area contributed by atoms with E-state index in [0.717, 1.165) is 21.9 Å². The Bertz CT molecular complexity index is 508. The van der Waals surface area contributed by atoms with Gasteiger partial charge in [-0.25, -0.2) is 0 Å². The number of hydrogen-bond acceptors (Lipinski definition) is 1. The Morgan fingerprint density at radius 3 is 2.47 bits per heavy atom. The zero-order valence-electron chi connectivity index (χ0n) is 9.41. The van der Waals surface area contributed by atoms with Crippen LogP contribution < -0.4 is 4.74 Å². The van der Waals surface area contributed by atoms with Gasteiger partial charge in [-0.2, -0.15) is 0 Å². The highest BCUT2D eigenvalue weighted by atomic mass is 127. The molecule has 0 saturated heterocycles. The summed E-state index contributed by atoms with van der Waals surface area (Å²) in [5.74, 6) is 0.887. The zero-order valence-corrected chi connectivity index (χ0v) is 12.3. The molecule has 0 aliphatic carbocycles. The maximum Gasteiger partial charge on any atom is 0.119 e. The first-order valence-corrected chi connectivity index (χ1v) is 6.84. The van der Waals surface area contributed by atoms with Crippen LogP contribution in [0.25, 0.3) is 11.1 Å². The van der Waals surface area contributed by atoms with Crippen LogP contribution in [0.3, 0.4) is 0 Å². The predicted octanol–water partition coefficient (Wildman–Crippen LogP) is 5.01. The van der Waals surface area contributed by atoms with Gasteiger partial charge in [-0.1, -0.05) is 23.7 Å². The summed E-state index contributed by atoms with van der Waals surface area (Å²) in [5, 5.41) is 0.773. The third kappa shape index (κ3) is 3.13. The summed E-state index contributed by atoms with van der Waals surface area (Å²) < 4.78 is 6.59. The Kier molecular flexibility index (Phi) is 4.29. The van der Waals surface area contributed by atoms with E-state index in [1.807, 2.05) is 43.3 Å². The molecule has 0 aliphatic rings. The van der Waals surface area contributed by atoms with Crippen molar-refractivity contribution in [3.05, 3.63) is 51.1 Å². The largest absolute Gasteiger partial charge is 0.494 e. The maximum absolute atomic E-state index is 6.20. The summed E-state index contributed by atoms with van der Waals surface area (Å²) in [7, 11) is 0. The molecule has 0 atom stereocenters. The zero-order chi connectivity index (χ0) is 12.3. The van der Waals surface area contributed by atoms with E-state index in [0.29, 0.717) is 6.61 Å². The summed E-state index contributed by atoms with van der Waals surface area (Å²) in [6.07, 6.45) is 0. The van der Waals surface area contributed by atoms with Crippen molar-refractivity contribution in [2.24, 2.45) is 0 Å². The van der Waals surface area contributed by atoms with Crippen LogP contribution >= 0.6 is 34.2 Å². The maximum atomic E-state index is 6.20. The predicted molar refractivity (Wildman–Crippen MR) is 80.8 cm³/mol. The average Bonchev–Trinajstić information content (AvgIpc) is 2.34. The molecule has 3 heteroatoms. The Morgan fingerprint density at radius 1 is 1.12 bits per heavy atom. The molecule has 0 N–H and O–H groups in total. The minimum atomic E-state index is 0.684.